The van der Waals surface area contributed by atoms with E-state index in [1.165, 1.54) is 4.90 Å². The molecule has 30 heavy (non-hydrogen) atoms. The average Bonchev–Trinajstić information content (AvgIpc) is 2.72. The molecule has 0 atom stereocenters. The summed E-state index contributed by atoms with van der Waals surface area (Å²) in [4.78, 5) is 17.5. The van der Waals surface area contributed by atoms with E-state index in [0.717, 1.165) is 32.5 Å². The topological polar surface area (TPSA) is 85.7 Å². The third-order valence-corrected chi connectivity index (χ3v) is 3.63. The molecule has 2 N–H and O–H groups in total. The van der Waals surface area contributed by atoms with E-state index in [0.29, 0.717) is 19.8 Å². The van der Waals surface area contributed by atoms with E-state index in [-0.39, 0.29) is 78.5 Å². The molecule has 0 aliphatic carbocycles. The van der Waals surface area contributed by atoms with Crippen LogP contribution < -0.4 is 0 Å². The maximum atomic E-state index is 12.2. The Morgan fingerprint density at radius 2 is 1.30 bits per heavy atom. The van der Waals surface area contributed by atoms with Crippen molar-refractivity contribution in [3.63, 3.8) is 0 Å². The van der Waals surface area contributed by atoms with Gasteiger partial charge in [-0.1, -0.05) is 27.7 Å². The quantitative estimate of drug-likeness (QED) is 0.188. The molecule has 0 bridgehead atoms. The number of nitrogens with zero attached hydrogens (tertiary/aromatic N) is 3. The minimum Gasteiger partial charge on any atom is -0.813 e. The smallest absolute Gasteiger partial charge is 0.319 e. The summed E-state index contributed by atoms with van der Waals surface area (Å²) in [7, 11) is 5.46. The fraction of sp³-hybridized carbons (Fsp3) is 0.950. The molecule has 8 nitrogen and oxygen atoms in total. The summed E-state index contributed by atoms with van der Waals surface area (Å²) in [5, 5.41) is 18.0. The van der Waals surface area contributed by atoms with Gasteiger partial charge in [-0.25, -0.2) is 4.79 Å². The Balaban J connectivity index is -0.000000325. The first-order valence-electron chi connectivity index (χ1n) is 10.5. The van der Waals surface area contributed by atoms with E-state index in [4.69, 9.17) is 19.7 Å². The number of aliphatic hydroxyl groups is 2. The van der Waals surface area contributed by atoms with Gasteiger partial charge >= 0.3 is 6.03 Å². The van der Waals surface area contributed by atoms with Crippen molar-refractivity contribution in [2.75, 3.05) is 87.0 Å². The number of carbonyl (C=O) groups excluding carboxylic acids is 1. The molecule has 0 spiro atoms. The van der Waals surface area contributed by atoms with Gasteiger partial charge in [0.2, 0.25) is 0 Å². The number of hydrogen-bond donors (Lipinski definition) is 2. The van der Waals surface area contributed by atoms with Crippen LogP contribution in [-0.2, 0) is 55.7 Å². The molecule has 2 amide bonds. The molecule has 0 fully saturated rings. The zero-order valence-corrected chi connectivity index (χ0v) is 24.2. The normalized spacial score (nSPS) is 9.27. The monoisotopic (exact) mass is 531 g/mol. The van der Waals surface area contributed by atoms with Crippen molar-refractivity contribution in [2.24, 2.45) is 0 Å². The molecule has 1 radical (unpaired) electrons. The largest absolute Gasteiger partial charge is 0.813 e. The van der Waals surface area contributed by atoms with Crippen LogP contribution in [0.25, 0.3) is 0 Å². The fourth-order valence-corrected chi connectivity index (χ4v) is 2.25. The second-order valence-corrected chi connectivity index (χ2v) is 5.75. The molecular weight excluding hydrogens is 483 g/mol. The van der Waals surface area contributed by atoms with Crippen molar-refractivity contribution in [2.45, 2.75) is 40.5 Å². The minimum absolute atomic E-state index is 0. The number of amides is 2. The predicted molar refractivity (Wildman–Crippen MR) is 125 cm³/mol. The Hall–Kier alpha value is 0.524. The van der Waals surface area contributed by atoms with Gasteiger partial charge in [-0.3, -0.25) is 0 Å². The number of ether oxygens (including phenoxy) is 2. The Morgan fingerprint density at radius 3 is 1.77 bits per heavy atom. The van der Waals surface area contributed by atoms with Crippen LogP contribution in [0.2, 0.25) is 0 Å². The summed E-state index contributed by atoms with van der Waals surface area (Å²) in [6, 6.07) is -0.160. The molecule has 0 saturated heterocycles. The number of rotatable bonds is 15. The van der Waals surface area contributed by atoms with E-state index in [1.807, 2.05) is 27.7 Å². The van der Waals surface area contributed by atoms with Crippen molar-refractivity contribution >= 4 is 19.5 Å². The molecule has 0 aromatic carbocycles. The standard InChI is InChI=1S/C16H35N3O5.2C2H6.H2S.Y/c1-17(7-5-13-24-15-14-23-3)6-4-8-18(2)16(22)19(9-11-20)10-12-21;2*1-2;;/h20-21H,4-15H2,1-3H3;2*1-2H3;1H2;/p-1. The summed E-state index contributed by atoms with van der Waals surface area (Å²) in [6.07, 6.45) is 1.84. The number of hydrogen-bond acceptors (Lipinski definition) is 7. The van der Waals surface area contributed by atoms with Gasteiger partial charge in [0, 0.05) is 79.7 Å². The zero-order valence-electron chi connectivity index (χ0n) is 20.5. The Kier molecular flexibility index (Phi) is 46.5. The SMILES string of the molecule is CC.CC.COCCOCCCN(C)CCCN(C)C(=O)N(CCO)CCO.[SH-].[Y]. The molecular formula is C20H48N3O5SY-. The molecule has 10 heteroatoms. The van der Waals surface area contributed by atoms with E-state index in [1.54, 1.807) is 19.1 Å². The summed E-state index contributed by atoms with van der Waals surface area (Å²) in [5.74, 6) is 0. The van der Waals surface area contributed by atoms with Crippen LogP contribution in [0.15, 0.2) is 0 Å². The van der Waals surface area contributed by atoms with E-state index in [9.17, 15) is 4.79 Å². The minimum atomic E-state index is -0.160. The molecule has 0 unspecified atom stereocenters. The van der Waals surface area contributed by atoms with Gasteiger partial charge in [-0.15, -0.1) is 0 Å². The number of methoxy groups -OCH3 is 1. The number of thiol groups is 1. The first-order valence-corrected chi connectivity index (χ1v) is 10.5. The maximum Gasteiger partial charge on any atom is 0.319 e. The van der Waals surface area contributed by atoms with E-state index >= 15 is 0 Å². The van der Waals surface area contributed by atoms with Gasteiger partial charge in [0.1, 0.15) is 0 Å². The second kappa shape index (κ2) is 34.1. The van der Waals surface area contributed by atoms with Crippen molar-refractivity contribution in [3.8, 4) is 0 Å². The summed E-state index contributed by atoms with van der Waals surface area (Å²) >= 11 is 0. The van der Waals surface area contributed by atoms with Crippen molar-refractivity contribution in [1.29, 1.82) is 0 Å². The molecule has 0 aliphatic heterocycles. The average molecular weight is 532 g/mol. The first-order chi connectivity index (χ1) is 13.6. The first kappa shape index (κ1) is 40.8. The summed E-state index contributed by atoms with van der Waals surface area (Å²) < 4.78 is 10.3. The van der Waals surface area contributed by atoms with Gasteiger partial charge in [0.05, 0.1) is 26.4 Å². The predicted octanol–water partition coefficient (Wildman–Crippen LogP) is 1.48. The molecule has 0 aromatic heterocycles. The van der Waals surface area contributed by atoms with Crippen molar-refractivity contribution < 1.29 is 57.2 Å². The van der Waals surface area contributed by atoms with Crippen LogP contribution in [-0.4, -0.2) is 118 Å². The summed E-state index contributed by atoms with van der Waals surface area (Å²) in [6.45, 7) is 12.7. The van der Waals surface area contributed by atoms with Crippen LogP contribution in [0.1, 0.15) is 40.5 Å². The molecule has 0 saturated carbocycles. The molecule has 0 aliphatic rings. The third-order valence-electron chi connectivity index (χ3n) is 3.63. The van der Waals surface area contributed by atoms with Gasteiger partial charge in [-0.2, -0.15) is 0 Å². The molecule has 0 aromatic rings. The van der Waals surface area contributed by atoms with Crippen molar-refractivity contribution in [3.05, 3.63) is 0 Å². The van der Waals surface area contributed by atoms with Gasteiger partial charge in [0.25, 0.3) is 0 Å². The van der Waals surface area contributed by atoms with E-state index < -0.39 is 0 Å². The van der Waals surface area contributed by atoms with Crippen LogP contribution >= 0.6 is 0 Å². The number of urea groups is 1. The van der Waals surface area contributed by atoms with E-state index in [2.05, 4.69) is 11.9 Å². The second-order valence-electron chi connectivity index (χ2n) is 5.75. The Bertz CT molecular complexity index is 316. The molecule has 0 rings (SSSR count). The van der Waals surface area contributed by atoms with Crippen LogP contribution in [0, 0.1) is 0 Å². The Labute approximate surface area is 218 Å². The maximum absolute atomic E-state index is 12.2. The number of aliphatic hydroxyl groups excluding tert-OH is 2. The van der Waals surface area contributed by atoms with Crippen LogP contribution in [0.5, 0.6) is 0 Å². The van der Waals surface area contributed by atoms with Gasteiger partial charge in [-0.05, 0) is 26.4 Å². The third kappa shape index (κ3) is 26.6. The van der Waals surface area contributed by atoms with Crippen LogP contribution in [0.4, 0.5) is 4.79 Å². The van der Waals surface area contributed by atoms with Crippen LogP contribution in [0.3, 0.4) is 0 Å². The molecule has 0 heterocycles. The van der Waals surface area contributed by atoms with Gasteiger partial charge in [0.15, 0.2) is 0 Å². The zero-order chi connectivity index (χ0) is 22.2. The van der Waals surface area contributed by atoms with Crippen molar-refractivity contribution in [1.82, 2.24) is 14.7 Å². The summed E-state index contributed by atoms with van der Waals surface area (Å²) in [5.41, 5.74) is 0. The fourth-order valence-electron chi connectivity index (χ4n) is 2.25. The number of carbonyl (C=O) groups is 1. The van der Waals surface area contributed by atoms with Gasteiger partial charge < -0.3 is 47.9 Å². The molecule has 183 valence electrons. The Morgan fingerprint density at radius 1 is 0.800 bits per heavy atom.